The summed E-state index contributed by atoms with van der Waals surface area (Å²) in [5, 5.41) is 12.5. The fraction of sp³-hybridized carbons (Fsp3) is 0.500. The number of nitrogens with zero attached hydrogens (tertiary/aromatic N) is 2. The van der Waals surface area contributed by atoms with Gasteiger partial charge >= 0.3 is 0 Å². The highest BCUT2D eigenvalue weighted by molar-refractivity contribution is 6.07. The molecule has 3 nitrogen and oxygen atoms in total. The van der Waals surface area contributed by atoms with Gasteiger partial charge in [0.05, 0.1) is 5.71 Å². The quantitative estimate of drug-likeness (QED) is 0.594. The molecule has 1 aromatic carbocycles. The smallest absolute Gasteiger partial charge is 0.0906 e. The van der Waals surface area contributed by atoms with Crippen molar-refractivity contribution in [2.45, 2.75) is 32.7 Å². The van der Waals surface area contributed by atoms with Crippen molar-refractivity contribution < 1.29 is 5.21 Å². The summed E-state index contributed by atoms with van der Waals surface area (Å²) in [5.41, 5.74) is 4.68. The van der Waals surface area contributed by atoms with E-state index in [1.165, 1.54) is 11.3 Å². The average molecular weight is 230 g/mol. The van der Waals surface area contributed by atoms with Crippen LogP contribution in [0, 0.1) is 5.92 Å². The number of para-hydroxylation sites is 1. The normalized spacial score (nSPS) is 24.5. The van der Waals surface area contributed by atoms with Crippen molar-refractivity contribution in [2.24, 2.45) is 11.1 Å². The Kier molecular flexibility index (Phi) is 2.35. The number of oxime groups is 1. The van der Waals surface area contributed by atoms with Crippen molar-refractivity contribution in [3.63, 3.8) is 0 Å². The van der Waals surface area contributed by atoms with Crippen LogP contribution in [0.4, 0.5) is 5.69 Å². The molecule has 0 spiro atoms. The summed E-state index contributed by atoms with van der Waals surface area (Å²) < 4.78 is 0. The molecule has 0 fully saturated rings. The van der Waals surface area contributed by atoms with Crippen LogP contribution < -0.4 is 4.90 Å². The highest BCUT2D eigenvalue weighted by Crippen LogP contribution is 2.40. The lowest BCUT2D eigenvalue weighted by atomic mass is 9.98. The van der Waals surface area contributed by atoms with E-state index in [-0.39, 0.29) is 0 Å². The third-order valence-electron chi connectivity index (χ3n) is 4.03. The molecule has 0 amide bonds. The van der Waals surface area contributed by atoms with E-state index in [1.807, 2.05) is 0 Å². The molecule has 1 atom stereocenters. The lowest BCUT2D eigenvalue weighted by molar-refractivity contribution is 0.317. The first-order valence-electron chi connectivity index (χ1n) is 6.32. The molecule has 2 aliphatic rings. The topological polar surface area (TPSA) is 35.8 Å². The molecule has 90 valence electrons. The van der Waals surface area contributed by atoms with E-state index in [0.29, 0.717) is 12.0 Å². The Morgan fingerprint density at radius 2 is 2.24 bits per heavy atom. The van der Waals surface area contributed by atoms with E-state index in [0.717, 1.165) is 30.7 Å². The van der Waals surface area contributed by atoms with E-state index >= 15 is 0 Å². The zero-order chi connectivity index (χ0) is 12.0. The van der Waals surface area contributed by atoms with Crippen molar-refractivity contribution >= 4 is 11.4 Å². The molecule has 2 aliphatic heterocycles. The summed E-state index contributed by atoms with van der Waals surface area (Å²) in [4.78, 5) is 2.50. The van der Waals surface area contributed by atoms with Crippen molar-refractivity contribution in [3.8, 4) is 0 Å². The second-order valence-electron chi connectivity index (χ2n) is 5.32. The highest BCUT2D eigenvalue weighted by atomic mass is 16.4. The Morgan fingerprint density at radius 3 is 2.94 bits per heavy atom. The molecule has 17 heavy (non-hydrogen) atoms. The minimum Gasteiger partial charge on any atom is -0.411 e. The maximum atomic E-state index is 9.08. The van der Waals surface area contributed by atoms with Crippen LogP contribution in [0.1, 0.15) is 31.4 Å². The molecule has 0 aliphatic carbocycles. The number of anilines is 1. The molecule has 1 N–H and O–H groups in total. The molecule has 2 heterocycles. The molecule has 1 unspecified atom stereocenters. The van der Waals surface area contributed by atoms with Gasteiger partial charge in [0.2, 0.25) is 0 Å². The third-order valence-corrected chi connectivity index (χ3v) is 4.03. The third kappa shape index (κ3) is 1.45. The van der Waals surface area contributed by atoms with Crippen molar-refractivity contribution in [1.82, 2.24) is 0 Å². The Balaban J connectivity index is 2.13. The largest absolute Gasteiger partial charge is 0.411 e. The Bertz CT molecular complexity index is 479. The number of hydrogen-bond donors (Lipinski definition) is 1. The summed E-state index contributed by atoms with van der Waals surface area (Å²) in [6, 6.07) is 6.95. The maximum Gasteiger partial charge on any atom is 0.0906 e. The van der Waals surface area contributed by atoms with Gasteiger partial charge in [-0.3, -0.25) is 0 Å². The molecule has 3 rings (SSSR count). The SMILES string of the molecule is CC(C)C1Cc2cccc3c2N1CC/C3=N\O. The molecule has 0 aromatic heterocycles. The first kappa shape index (κ1) is 10.6. The molecule has 1 aromatic rings. The monoisotopic (exact) mass is 230 g/mol. The Hall–Kier alpha value is -1.51. The van der Waals surface area contributed by atoms with Crippen LogP contribution in [-0.4, -0.2) is 23.5 Å². The highest BCUT2D eigenvalue weighted by Gasteiger charge is 2.36. The predicted octanol–water partition coefficient (Wildman–Crippen LogP) is 2.66. The zero-order valence-electron chi connectivity index (χ0n) is 10.3. The van der Waals surface area contributed by atoms with Gasteiger partial charge in [-0.25, -0.2) is 0 Å². The van der Waals surface area contributed by atoms with Crippen molar-refractivity contribution in [2.75, 3.05) is 11.4 Å². The zero-order valence-corrected chi connectivity index (χ0v) is 10.3. The van der Waals surface area contributed by atoms with Gasteiger partial charge in [0.15, 0.2) is 0 Å². The lowest BCUT2D eigenvalue weighted by Crippen LogP contribution is -2.40. The van der Waals surface area contributed by atoms with E-state index in [1.54, 1.807) is 0 Å². The van der Waals surface area contributed by atoms with Crippen molar-refractivity contribution in [3.05, 3.63) is 29.3 Å². The van der Waals surface area contributed by atoms with Crippen LogP contribution in [-0.2, 0) is 6.42 Å². The summed E-state index contributed by atoms with van der Waals surface area (Å²) in [5.74, 6) is 0.655. The molecule has 0 bridgehead atoms. The van der Waals surface area contributed by atoms with Crippen LogP contribution >= 0.6 is 0 Å². The van der Waals surface area contributed by atoms with E-state index in [2.05, 4.69) is 42.1 Å². The standard InChI is InChI=1S/C14H18N2O/c1-9(2)13-8-10-4-3-5-11-12(15-17)6-7-16(13)14(10)11/h3-5,9,13,17H,6-8H2,1-2H3/b15-12+. The number of benzene rings is 1. The summed E-state index contributed by atoms with van der Waals surface area (Å²) >= 11 is 0. The predicted molar refractivity (Wildman–Crippen MR) is 69.1 cm³/mol. The second kappa shape index (κ2) is 3.76. The van der Waals surface area contributed by atoms with Gasteiger partial charge in [-0.15, -0.1) is 0 Å². The summed E-state index contributed by atoms with van der Waals surface area (Å²) in [6.45, 7) is 5.55. The van der Waals surface area contributed by atoms with Crippen LogP contribution in [0.15, 0.2) is 23.4 Å². The van der Waals surface area contributed by atoms with E-state index in [9.17, 15) is 0 Å². The van der Waals surface area contributed by atoms with Gasteiger partial charge in [-0.05, 0) is 17.9 Å². The summed E-state index contributed by atoms with van der Waals surface area (Å²) in [6.07, 6.45) is 1.97. The molecule has 0 saturated heterocycles. The van der Waals surface area contributed by atoms with Gasteiger partial charge in [0.1, 0.15) is 0 Å². The first-order chi connectivity index (χ1) is 8.22. The number of hydrogen-bond acceptors (Lipinski definition) is 3. The first-order valence-corrected chi connectivity index (χ1v) is 6.32. The van der Waals surface area contributed by atoms with Gasteiger partial charge in [0, 0.05) is 30.3 Å². The Labute approximate surface area is 102 Å². The fourth-order valence-corrected chi connectivity index (χ4v) is 3.17. The minimum atomic E-state index is 0.603. The molecular weight excluding hydrogens is 212 g/mol. The van der Waals surface area contributed by atoms with Crippen LogP contribution in [0.25, 0.3) is 0 Å². The minimum absolute atomic E-state index is 0.603. The number of rotatable bonds is 1. The van der Waals surface area contributed by atoms with E-state index < -0.39 is 0 Å². The second-order valence-corrected chi connectivity index (χ2v) is 5.32. The van der Waals surface area contributed by atoms with Crippen LogP contribution in [0.5, 0.6) is 0 Å². The Morgan fingerprint density at radius 1 is 1.41 bits per heavy atom. The van der Waals surface area contributed by atoms with E-state index in [4.69, 9.17) is 5.21 Å². The van der Waals surface area contributed by atoms with Crippen LogP contribution in [0.2, 0.25) is 0 Å². The summed E-state index contributed by atoms with van der Waals surface area (Å²) in [7, 11) is 0. The van der Waals surface area contributed by atoms with Crippen LogP contribution in [0.3, 0.4) is 0 Å². The van der Waals surface area contributed by atoms with Gasteiger partial charge in [-0.2, -0.15) is 0 Å². The fourth-order valence-electron chi connectivity index (χ4n) is 3.17. The molecule has 3 heteroatoms. The maximum absolute atomic E-state index is 9.08. The lowest BCUT2D eigenvalue weighted by Gasteiger charge is -2.34. The molecular formula is C14H18N2O. The molecule has 0 radical (unpaired) electrons. The average Bonchev–Trinajstić information content (AvgIpc) is 2.71. The molecule has 0 saturated carbocycles. The van der Waals surface area contributed by atoms with Gasteiger partial charge in [0.25, 0.3) is 0 Å². The van der Waals surface area contributed by atoms with Gasteiger partial charge < -0.3 is 10.1 Å². The van der Waals surface area contributed by atoms with Gasteiger partial charge in [-0.1, -0.05) is 37.2 Å². The van der Waals surface area contributed by atoms with Crippen molar-refractivity contribution in [1.29, 1.82) is 0 Å².